The van der Waals surface area contributed by atoms with Crippen molar-refractivity contribution >= 4 is 17.7 Å². The number of hydrogen-bond donors (Lipinski definition) is 1. The zero-order chi connectivity index (χ0) is 12.1. The molecule has 0 aliphatic carbocycles. The Labute approximate surface area is 108 Å². The molecular formula is C13H23NO2S. The van der Waals surface area contributed by atoms with Gasteiger partial charge in [-0.15, -0.1) is 0 Å². The predicted molar refractivity (Wildman–Crippen MR) is 71.1 cm³/mol. The summed E-state index contributed by atoms with van der Waals surface area (Å²) in [4.78, 5) is 14.2. The first-order valence-electron chi connectivity index (χ1n) is 6.79. The summed E-state index contributed by atoms with van der Waals surface area (Å²) in [5.41, 5.74) is 0. The fourth-order valence-corrected chi connectivity index (χ4v) is 4.04. The highest BCUT2D eigenvalue weighted by Gasteiger charge is 2.28. The Morgan fingerprint density at radius 1 is 1.24 bits per heavy atom. The molecule has 3 nitrogen and oxygen atoms in total. The molecule has 2 fully saturated rings. The van der Waals surface area contributed by atoms with Crippen LogP contribution in [0, 0.1) is 5.92 Å². The molecule has 0 spiro atoms. The summed E-state index contributed by atoms with van der Waals surface area (Å²) in [5.74, 6) is 3.29. The van der Waals surface area contributed by atoms with E-state index in [1.54, 1.807) is 0 Å². The lowest BCUT2D eigenvalue weighted by molar-refractivity contribution is -0.137. The second-order valence-electron chi connectivity index (χ2n) is 5.18. The molecule has 2 saturated heterocycles. The van der Waals surface area contributed by atoms with Gasteiger partial charge in [0.25, 0.3) is 0 Å². The van der Waals surface area contributed by atoms with Crippen LogP contribution in [0.25, 0.3) is 0 Å². The number of rotatable bonds is 3. The fourth-order valence-electron chi connectivity index (χ4n) is 2.83. The Bertz CT molecular complexity index is 254. The SMILES string of the molecule is O=C(CC1CCSCC1)N1CCCCC1CO. The van der Waals surface area contributed by atoms with Crippen LogP contribution >= 0.6 is 11.8 Å². The van der Waals surface area contributed by atoms with E-state index in [0.29, 0.717) is 12.3 Å². The van der Waals surface area contributed by atoms with E-state index in [0.717, 1.165) is 25.8 Å². The van der Waals surface area contributed by atoms with E-state index in [9.17, 15) is 9.90 Å². The molecule has 2 rings (SSSR count). The van der Waals surface area contributed by atoms with E-state index < -0.39 is 0 Å². The number of likely N-dealkylation sites (tertiary alicyclic amines) is 1. The van der Waals surface area contributed by atoms with Crippen molar-refractivity contribution in [3.05, 3.63) is 0 Å². The molecule has 2 aliphatic heterocycles. The minimum Gasteiger partial charge on any atom is -0.394 e. The van der Waals surface area contributed by atoms with E-state index in [4.69, 9.17) is 0 Å². The Balaban J connectivity index is 1.84. The maximum Gasteiger partial charge on any atom is 0.223 e. The molecule has 2 aliphatic rings. The summed E-state index contributed by atoms with van der Waals surface area (Å²) >= 11 is 2.00. The van der Waals surface area contributed by atoms with Crippen molar-refractivity contribution < 1.29 is 9.90 Å². The van der Waals surface area contributed by atoms with Gasteiger partial charge in [-0.05, 0) is 49.5 Å². The number of carbonyl (C=O) groups excluding carboxylic acids is 1. The zero-order valence-electron chi connectivity index (χ0n) is 10.4. The van der Waals surface area contributed by atoms with Crippen molar-refractivity contribution in [1.29, 1.82) is 0 Å². The third-order valence-electron chi connectivity index (χ3n) is 3.96. The average Bonchev–Trinajstić information content (AvgIpc) is 2.40. The van der Waals surface area contributed by atoms with Crippen LogP contribution in [-0.2, 0) is 4.79 Å². The van der Waals surface area contributed by atoms with Gasteiger partial charge in [0.1, 0.15) is 0 Å². The number of thioether (sulfide) groups is 1. The van der Waals surface area contributed by atoms with E-state index in [-0.39, 0.29) is 18.6 Å². The monoisotopic (exact) mass is 257 g/mol. The second kappa shape index (κ2) is 6.64. The average molecular weight is 257 g/mol. The molecule has 0 saturated carbocycles. The first-order valence-corrected chi connectivity index (χ1v) is 7.95. The zero-order valence-corrected chi connectivity index (χ0v) is 11.3. The number of amides is 1. The van der Waals surface area contributed by atoms with Gasteiger partial charge in [-0.2, -0.15) is 11.8 Å². The van der Waals surface area contributed by atoms with Gasteiger partial charge in [-0.25, -0.2) is 0 Å². The third-order valence-corrected chi connectivity index (χ3v) is 5.01. The molecular weight excluding hydrogens is 234 g/mol. The number of piperidine rings is 1. The van der Waals surface area contributed by atoms with Crippen LogP contribution in [0.5, 0.6) is 0 Å². The molecule has 4 heteroatoms. The van der Waals surface area contributed by atoms with Crippen LogP contribution in [0.1, 0.15) is 38.5 Å². The Morgan fingerprint density at radius 2 is 2.00 bits per heavy atom. The molecule has 1 atom stereocenters. The van der Waals surface area contributed by atoms with Gasteiger partial charge in [0.05, 0.1) is 12.6 Å². The molecule has 0 aromatic heterocycles. The highest BCUT2D eigenvalue weighted by molar-refractivity contribution is 7.99. The van der Waals surface area contributed by atoms with Crippen molar-refractivity contribution in [3.63, 3.8) is 0 Å². The molecule has 0 radical (unpaired) electrons. The number of nitrogens with zero attached hydrogens (tertiary/aromatic N) is 1. The van der Waals surface area contributed by atoms with Gasteiger partial charge >= 0.3 is 0 Å². The van der Waals surface area contributed by atoms with Crippen molar-refractivity contribution in [2.75, 3.05) is 24.7 Å². The molecule has 0 aromatic carbocycles. The van der Waals surface area contributed by atoms with Gasteiger partial charge in [0.2, 0.25) is 5.91 Å². The lowest BCUT2D eigenvalue weighted by Gasteiger charge is -2.36. The summed E-state index contributed by atoms with van der Waals surface area (Å²) in [6, 6.07) is 0.0919. The fraction of sp³-hybridized carbons (Fsp3) is 0.923. The van der Waals surface area contributed by atoms with Crippen molar-refractivity contribution in [3.8, 4) is 0 Å². The molecule has 1 amide bonds. The van der Waals surface area contributed by atoms with Gasteiger partial charge < -0.3 is 10.0 Å². The maximum atomic E-state index is 12.2. The van der Waals surface area contributed by atoms with E-state index in [2.05, 4.69) is 0 Å². The van der Waals surface area contributed by atoms with Crippen LogP contribution < -0.4 is 0 Å². The highest BCUT2D eigenvalue weighted by atomic mass is 32.2. The predicted octanol–water partition coefficient (Wildman–Crippen LogP) is 1.89. The van der Waals surface area contributed by atoms with Crippen molar-refractivity contribution in [2.45, 2.75) is 44.6 Å². The standard InChI is InChI=1S/C13H23NO2S/c15-10-12-3-1-2-6-14(12)13(16)9-11-4-7-17-8-5-11/h11-12,15H,1-10H2. The topological polar surface area (TPSA) is 40.5 Å². The van der Waals surface area contributed by atoms with Crippen LogP contribution in [0.2, 0.25) is 0 Å². The van der Waals surface area contributed by atoms with Gasteiger partial charge in [0, 0.05) is 13.0 Å². The largest absolute Gasteiger partial charge is 0.394 e. The molecule has 98 valence electrons. The molecule has 0 bridgehead atoms. The minimum atomic E-state index is 0.0919. The Morgan fingerprint density at radius 3 is 2.71 bits per heavy atom. The summed E-state index contributed by atoms with van der Waals surface area (Å²) in [6.45, 7) is 0.984. The molecule has 1 N–H and O–H groups in total. The lowest BCUT2D eigenvalue weighted by atomic mass is 9.96. The van der Waals surface area contributed by atoms with E-state index in [1.807, 2.05) is 16.7 Å². The smallest absolute Gasteiger partial charge is 0.223 e. The van der Waals surface area contributed by atoms with E-state index in [1.165, 1.54) is 24.3 Å². The molecule has 1 unspecified atom stereocenters. The minimum absolute atomic E-state index is 0.0919. The van der Waals surface area contributed by atoms with Crippen LogP contribution in [-0.4, -0.2) is 46.6 Å². The Kier molecular flexibility index (Phi) is 5.16. The number of aliphatic hydroxyl groups excluding tert-OH is 1. The molecule has 0 aromatic rings. The normalized spacial score (nSPS) is 27.1. The summed E-state index contributed by atoms with van der Waals surface area (Å²) in [6.07, 6.45) is 6.31. The van der Waals surface area contributed by atoms with Crippen molar-refractivity contribution in [1.82, 2.24) is 4.90 Å². The number of hydrogen-bond acceptors (Lipinski definition) is 3. The van der Waals surface area contributed by atoms with Gasteiger partial charge in [-0.3, -0.25) is 4.79 Å². The van der Waals surface area contributed by atoms with Gasteiger partial charge in [-0.1, -0.05) is 0 Å². The van der Waals surface area contributed by atoms with Crippen LogP contribution in [0.4, 0.5) is 0 Å². The quantitative estimate of drug-likeness (QED) is 0.839. The first kappa shape index (κ1) is 13.2. The maximum absolute atomic E-state index is 12.2. The van der Waals surface area contributed by atoms with Gasteiger partial charge in [0.15, 0.2) is 0 Å². The van der Waals surface area contributed by atoms with Crippen LogP contribution in [0.15, 0.2) is 0 Å². The Hall–Kier alpha value is -0.220. The highest BCUT2D eigenvalue weighted by Crippen LogP contribution is 2.27. The summed E-state index contributed by atoms with van der Waals surface area (Å²) < 4.78 is 0. The third kappa shape index (κ3) is 3.62. The molecule has 2 heterocycles. The number of aliphatic hydroxyl groups is 1. The van der Waals surface area contributed by atoms with E-state index >= 15 is 0 Å². The summed E-state index contributed by atoms with van der Waals surface area (Å²) in [7, 11) is 0. The summed E-state index contributed by atoms with van der Waals surface area (Å²) in [5, 5.41) is 9.32. The molecule has 17 heavy (non-hydrogen) atoms. The lowest BCUT2D eigenvalue weighted by Crippen LogP contribution is -2.46. The van der Waals surface area contributed by atoms with Crippen molar-refractivity contribution in [2.24, 2.45) is 5.92 Å². The second-order valence-corrected chi connectivity index (χ2v) is 6.40. The van der Waals surface area contributed by atoms with Crippen LogP contribution in [0.3, 0.4) is 0 Å². The number of carbonyl (C=O) groups is 1. The first-order chi connectivity index (χ1) is 8.31.